The Kier molecular flexibility index (Phi) is 6.25. The number of aliphatic imine (C=N–C) groups is 1. The van der Waals surface area contributed by atoms with Crippen molar-refractivity contribution in [2.75, 3.05) is 7.05 Å². The van der Waals surface area contributed by atoms with Crippen LogP contribution in [0.1, 0.15) is 46.1 Å². The molecule has 1 heterocycles. The summed E-state index contributed by atoms with van der Waals surface area (Å²) in [4.78, 5) is 8.58. The number of nitrogens with one attached hydrogen (secondary N) is 2. The lowest BCUT2D eigenvalue weighted by Crippen LogP contribution is -2.38. The molecule has 1 fully saturated rings. The van der Waals surface area contributed by atoms with Gasteiger partial charge in [0.25, 0.3) is 0 Å². The van der Waals surface area contributed by atoms with Gasteiger partial charge in [0.05, 0.1) is 6.10 Å². The van der Waals surface area contributed by atoms with E-state index in [9.17, 15) is 0 Å². The van der Waals surface area contributed by atoms with Gasteiger partial charge < -0.3 is 15.4 Å². The lowest BCUT2D eigenvalue weighted by Gasteiger charge is -2.16. The molecule has 0 radical (unpaired) electrons. The minimum atomic E-state index is 0.177. The summed E-state index contributed by atoms with van der Waals surface area (Å²) >= 11 is 0. The molecular weight excluding hydrogens is 288 g/mol. The van der Waals surface area contributed by atoms with Gasteiger partial charge in [-0.25, -0.2) is 4.98 Å². The number of pyridine rings is 1. The molecule has 2 rings (SSSR count). The molecule has 3 atom stereocenters. The second-order valence-corrected chi connectivity index (χ2v) is 6.95. The van der Waals surface area contributed by atoms with E-state index < -0.39 is 0 Å². The lowest BCUT2D eigenvalue weighted by molar-refractivity contribution is 0.185. The first-order chi connectivity index (χ1) is 11.0. The highest BCUT2D eigenvalue weighted by Crippen LogP contribution is 2.28. The minimum absolute atomic E-state index is 0.177. The van der Waals surface area contributed by atoms with Crippen molar-refractivity contribution in [2.45, 2.75) is 59.2 Å². The number of hydrogen-bond acceptors (Lipinski definition) is 3. The summed E-state index contributed by atoms with van der Waals surface area (Å²) in [5, 5.41) is 6.77. The zero-order valence-electron chi connectivity index (χ0n) is 15.0. The van der Waals surface area contributed by atoms with Gasteiger partial charge in [-0.2, -0.15) is 0 Å². The average Bonchev–Trinajstić information content (AvgIpc) is 3.18. The quantitative estimate of drug-likeness (QED) is 0.599. The van der Waals surface area contributed by atoms with E-state index >= 15 is 0 Å². The minimum Gasteiger partial charge on any atom is -0.475 e. The summed E-state index contributed by atoms with van der Waals surface area (Å²) in [6, 6.07) is 4.56. The normalized spacial score (nSPS) is 21.9. The van der Waals surface area contributed by atoms with Crippen molar-refractivity contribution >= 4 is 5.96 Å². The molecule has 1 saturated carbocycles. The van der Waals surface area contributed by atoms with E-state index in [-0.39, 0.29) is 6.10 Å². The van der Waals surface area contributed by atoms with E-state index in [1.54, 1.807) is 13.2 Å². The largest absolute Gasteiger partial charge is 0.475 e. The fourth-order valence-corrected chi connectivity index (χ4v) is 2.62. The Labute approximate surface area is 139 Å². The monoisotopic (exact) mass is 318 g/mol. The standard InChI is InChI=1S/C18H30N4O/c1-12(2)8-14(4)23-17-10-15(6-7-20-17)11-21-18(19-5)22-16-9-13(16)3/h6-7,10,12-14,16H,8-9,11H2,1-5H3,(H2,19,21,22). The highest BCUT2D eigenvalue weighted by Gasteiger charge is 2.33. The lowest BCUT2D eigenvalue weighted by atomic mass is 10.1. The molecule has 0 saturated heterocycles. The average molecular weight is 318 g/mol. The maximum atomic E-state index is 5.90. The first kappa shape index (κ1) is 17.6. The van der Waals surface area contributed by atoms with Crippen LogP contribution in [0.5, 0.6) is 5.88 Å². The number of guanidine groups is 1. The number of ether oxygens (including phenoxy) is 1. The Morgan fingerprint density at radius 2 is 2.17 bits per heavy atom. The maximum Gasteiger partial charge on any atom is 0.213 e. The van der Waals surface area contributed by atoms with Gasteiger partial charge in [-0.1, -0.05) is 20.8 Å². The van der Waals surface area contributed by atoms with Crippen LogP contribution >= 0.6 is 0 Å². The molecule has 1 aliphatic rings. The van der Waals surface area contributed by atoms with E-state index in [1.807, 2.05) is 12.1 Å². The molecule has 0 aromatic carbocycles. The molecule has 0 bridgehead atoms. The van der Waals surface area contributed by atoms with Crippen LogP contribution in [0.3, 0.4) is 0 Å². The van der Waals surface area contributed by atoms with Crippen molar-refractivity contribution in [3.63, 3.8) is 0 Å². The van der Waals surface area contributed by atoms with Crippen LogP contribution in [-0.4, -0.2) is 30.1 Å². The summed E-state index contributed by atoms with van der Waals surface area (Å²) < 4.78 is 5.90. The van der Waals surface area contributed by atoms with Crippen molar-refractivity contribution in [3.05, 3.63) is 23.9 Å². The number of nitrogens with zero attached hydrogens (tertiary/aromatic N) is 2. The first-order valence-corrected chi connectivity index (χ1v) is 8.56. The molecule has 0 spiro atoms. The van der Waals surface area contributed by atoms with Crippen molar-refractivity contribution in [1.82, 2.24) is 15.6 Å². The van der Waals surface area contributed by atoms with Gasteiger partial charge in [-0.05, 0) is 43.2 Å². The van der Waals surface area contributed by atoms with E-state index in [0.29, 0.717) is 24.4 Å². The van der Waals surface area contributed by atoms with Gasteiger partial charge in [0.1, 0.15) is 0 Å². The second-order valence-electron chi connectivity index (χ2n) is 6.95. The molecule has 2 N–H and O–H groups in total. The summed E-state index contributed by atoms with van der Waals surface area (Å²) in [6.45, 7) is 9.45. The number of aromatic nitrogens is 1. The van der Waals surface area contributed by atoms with Gasteiger partial charge in [-0.3, -0.25) is 4.99 Å². The molecule has 1 aromatic heterocycles. The van der Waals surface area contributed by atoms with Gasteiger partial charge in [0, 0.05) is 31.9 Å². The first-order valence-electron chi connectivity index (χ1n) is 8.56. The van der Waals surface area contributed by atoms with Crippen molar-refractivity contribution in [1.29, 1.82) is 0 Å². The molecule has 5 heteroatoms. The van der Waals surface area contributed by atoms with E-state index in [1.165, 1.54) is 6.42 Å². The fraction of sp³-hybridized carbons (Fsp3) is 0.667. The Balaban J connectivity index is 1.84. The Morgan fingerprint density at radius 3 is 2.78 bits per heavy atom. The predicted molar refractivity (Wildman–Crippen MR) is 94.7 cm³/mol. The van der Waals surface area contributed by atoms with Crippen molar-refractivity contribution < 1.29 is 4.74 Å². The van der Waals surface area contributed by atoms with Crippen LogP contribution in [0.15, 0.2) is 23.3 Å². The molecule has 5 nitrogen and oxygen atoms in total. The van der Waals surface area contributed by atoms with Crippen LogP contribution in [-0.2, 0) is 6.54 Å². The third-order valence-corrected chi connectivity index (χ3v) is 4.04. The smallest absolute Gasteiger partial charge is 0.213 e. The van der Waals surface area contributed by atoms with E-state index in [0.717, 1.165) is 23.9 Å². The highest BCUT2D eigenvalue weighted by molar-refractivity contribution is 5.80. The molecule has 0 aliphatic heterocycles. The van der Waals surface area contributed by atoms with Crippen LogP contribution < -0.4 is 15.4 Å². The molecule has 3 unspecified atom stereocenters. The van der Waals surface area contributed by atoms with E-state index in [4.69, 9.17) is 4.74 Å². The molecule has 128 valence electrons. The van der Waals surface area contributed by atoms with Gasteiger partial charge >= 0.3 is 0 Å². The molecule has 0 amide bonds. The fourth-order valence-electron chi connectivity index (χ4n) is 2.62. The van der Waals surface area contributed by atoms with Gasteiger partial charge in [-0.15, -0.1) is 0 Å². The molecule has 23 heavy (non-hydrogen) atoms. The summed E-state index contributed by atoms with van der Waals surface area (Å²) in [5.74, 6) is 2.91. The van der Waals surface area contributed by atoms with Gasteiger partial charge in [0.2, 0.25) is 5.88 Å². The summed E-state index contributed by atoms with van der Waals surface area (Å²) in [7, 11) is 1.80. The van der Waals surface area contributed by atoms with Crippen LogP contribution in [0, 0.1) is 11.8 Å². The van der Waals surface area contributed by atoms with Crippen LogP contribution in [0.4, 0.5) is 0 Å². The Hall–Kier alpha value is -1.78. The predicted octanol–water partition coefficient (Wildman–Crippen LogP) is 2.97. The summed E-state index contributed by atoms with van der Waals surface area (Å²) in [5.41, 5.74) is 1.14. The Morgan fingerprint density at radius 1 is 1.43 bits per heavy atom. The zero-order chi connectivity index (χ0) is 16.8. The summed E-state index contributed by atoms with van der Waals surface area (Å²) in [6.07, 6.45) is 4.23. The van der Waals surface area contributed by atoms with Crippen molar-refractivity contribution in [2.24, 2.45) is 16.8 Å². The van der Waals surface area contributed by atoms with Gasteiger partial charge in [0.15, 0.2) is 5.96 Å². The Bertz CT molecular complexity index is 530. The SMILES string of the molecule is CN=C(NCc1ccnc(OC(C)CC(C)C)c1)NC1CC1C. The zero-order valence-corrected chi connectivity index (χ0v) is 15.0. The third-order valence-electron chi connectivity index (χ3n) is 4.04. The second kappa shape index (κ2) is 8.18. The molecule has 1 aliphatic carbocycles. The van der Waals surface area contributed by atoms with Crippen LogP contribution in [0.25, 0.3) is 0 Å². The van der Waals surface area contributed by atoms with Crippen molar-refractivity contribution in [3.8, 4) is 5.88 Å². The third kappa shape index (κ3) is 6.08. The van der Waals surface area contributed by atoms with E-state index in [2.05, 4.69) is 48.3 Å². The topological polar surface area (TPSA) is 58.5 Å². The number of rotatable bonds is 7. The highest BCUT2D eigenvalue weighted by atomic mass is 16.5. The number of hydrogen-bond donors (Lipinski definition) is 2. The molecular formula is C18H30N4O. The van der Waals surface area contributed by atoms with Crippen LogP contribution in [0.2, 0.25) is 0 Å². The maximum absolute atomic E-state index is 5.90. The molecule has 1 aromatic rings.